The summed E-state index contributed by atoms with van der Waals surface area (Å²) in [6.45, 7) is 0.460. The van der Waals surface area contributed by atoms with E-state index in [1.165, 1.54) is 35.7 Å². The van der Waals surface area contributed by atoms with Gasteiger partial charge in [-0.25, -0.2) is 17.2 Å². The molecule has 0 atom stereocenters. The van der Waals surface area contributed by atoms with Gasteiger partial charge in [0.15, 0.2) is 11.6 Å². The zero-order valence-electron chi connectivity index (χ0n) is 13.6. The molecule has 0 spiro atoms. The molecule has 2 aromatic rings. The summed E-state index contributed by atoms with van der Waals surface area (Å²) >= 11 is 0. The van der Waals surface area contributed by atoms with E-state index in [1.54, 1.807) is 18.2 Å². The van der Waals surface area contributed by atoms with Crippen LogP contribution in [-0.4, -0.2) is 32.9 Å². The topological polar surface area (TPSA) is 46.6 Å². The molecule has 0 saturated carbocycles. The first kappa shape index (κ1) is 17.6. The maximum Gasteiger partial charge on any atom is 0.243 e. The highest BCUT2D eigenvalue weighted by atomic mass is 32.2. The van der Waals surface area contributed by atoms with Crippen molar-refractivity contribution in [3.63, 3.8) is 0 Å². The lowest BCUT2D eigenvalue weighted by Crippen LogP contribution is -2.34. The fourth-order valence-corrected chi connectivity index (χ4v) is 4.14. The molecule has 7 heteroatoms. The lowest BCUT2D eigenvalue weighted by Gasteiger charge is -2.26. The van der Waals surface area contributed by atoms with Crippen molar-refractivity contribution in [3.8, 4) is 5.75 Å². The molecule has 3 rings (SSSR count). The van der Waals surface area contributed by atoms with Crippen LogP contribution in [0.25, 0.3) is 5.57 Å². The molecule has 0 aromatic heterocycles. The van der Waals surface area contributed by atoms with E-state index in [4.69, 9.17) is 4.74 Å². The van der Waals surface area contributed by atoms with E-state index in [9.17, 15) is 17.2 Å². The molecular weight excluding hydrogens is 348 g/mol. The second-order valence-corrected chi connectivity index (χ2v) is 7.58. The molecule has 0 aliphatic carbocycles. The normalized spacial score (nSPS) is 15.7. The minimum atomic E-state index is -3.79. The Bertz CT molecular complexity index is 908. The van der Waals surface area contributed by atoms with E-state index in [0.29, 0.717) is 6.42 Å². The van der Waals surface area contributed by atoms with Gasteiger partial charge >= 0.3 is 0 Å². The van der Waals surface area contributed by atoms with E-state index in [1.807, 2.05) is 0 Å². The molecule has 2 aromatic carbocycles. The van der Waals surface area contributed by atoms with Gasteiger partial charge in [0, 0.05) is 13.1 Å². The van der Waals surface area contributed by atoms with Crippen molar-refractivity contribution in [2.45, 2.75) is 11.3 Å². The van der Waals surface area contributed by atoms with Crippen LogP contribution < -0.4 is 4.74 Å². The zero-order chi connectivity index (χ0) is 18.0. The average Bonchev–Trinajstić information content (AvgIpc) is 2.62. The van der Waals surface area contributed by atoms with Crippen LogP contribution in [0.4, 0.5) is 8.78 Å². The second kappa shape index (κ2) is 6.93. The maximum absolute atomic E-state index is 13.8. The van der Waals surface area contributed by atoms with Gasteiger partial charge in [0.25, 0.3) is 0 Å². The SMILES string of the molecule is COc1ccc(S(=O)(=O)N2CC=C(c3ccc(F)cc3)CC2)cc1F. The molecule has 25 heavy (non-hydrogen) atoms. The fraction of sp³-hybridized carbons (Fsp3) is 0.222. The summed E-state index contributed by atoms with van der Waals surface area (Å²) in [6, 6.07) is 9.68. The Labute approximate surface area is 145 Å². The third-order valence-corrected chi connectivity index (χ3v) is 6.01. The second-order valence-electron chi connectivity index (χ2n) is 5.65. The van der Waals surface area contributed by atoms with E-state index < -0.39 is 15.8 Å². The fourth-order valence-electron chi connectivity index (χ4n) is 2.75. The number of methoxy groups -OCH3 is 1. The minimum Gasteiger partial charge on any atom is -0.494 e. The molecule has 0 N–H and O–H groups in total. The van der Waals surface area contributed by atoms with Crippen LogP contribution >= 0.6 is 0 Å². The smallest absolute Gasteiger partial charge is 0.243 e. The van der Waals surface area contributed by atoms with Crippen molar-refractivity contribution in [2.75, 3.05) is 20.2 Å². The Morgan fingerprint density at radius 3 is 2.36 bits per heavy atom. The number of hydrogen-bond acceptors (Lipinski definition) is 3. The number of nitrogens with zero attached hydrogens (tertiary/aromatic N) is 1. The Morgan fingerprint density at radius 1 is 1.08 bits per heavy atom. The Kier molecular flexibility index (Phi) is 4.87. The first-order chi connectivity index (χ1) is 11.9. The van der Waals surface area contributed by atoms with Crippen LogP contribution in [-0.2, 0) is 10.0 Å². The Hall–Kier alpha value is -2.25. The summed E-state index contributed by atoms with van der Waals surface area (Å²) in [4.78, 5) is -0.107. The van der Waals surface area contributed by atoms with E-state index in [2.05, 4.69) is 0 Å². The number of benzene rings is 2. The molecule has 132 valence electrons. The Balaban J connectivity index is 1.81. The average molecular weight is 365 g/mol. The number of rotatable bonds is 4. The maximum atomic E-state index is 13.8. The monoisotopic (exact) mass is 365 g/mol. The lowest BCUT2D eigenvalue weighted by atomic mass is 10.0. The van der Waals surface area contributed by atoms with Gasteiger partial charge in [0.05, 0.1) is 12.0 Å². The van der Waals surface area contributed by atoms with Crippen LogP contribution in [0.5, 0.6) is 5.75 Å². The summed E-state index contributed by atoms with van der Waals surface area (Å²) in [6.07, 6.45) is 2.30. The van der Waals surface area contributed by atoms with Crippen LogP contribution in [0.2, 0.25) is 0 Å². The number of hydrogen-bond donors (Lipinski definition) is 0. The van der Waals surface area contributed by atoms with Gasteiger partial charge in [0.2, 0.25) is 10.0 Å². The molecule has 0 amide bonds. The van der Waals surface area contributed by atoms with Crippen molar-refractivity contribution in [3.05, 3.63) is 65.7 Å². The number of sulfonamides is 1. The predicted molar refractivity (Wildman–Crippen MR) is 90.7 cm³/mol. The molecule has 0 unspecified atom stereocenters. The largest absolute Gasteiger partial charge is 0.494 e. The van der Waals surface area contributed by atoms with Crippen LogP contribution in [0.15, 0.2) is 53.4 Å². The molecule has 0 bridgehead atoms. The van der Waals surface area contributed by atoms with E-state index in [0.717, 1.165) is 17.2 Å². The van der Waals surface area contributed by atoms with Crippen LogP contribution in [0.3, 0.4) is 0 Å². The highest BCUT2D eigenvalue weighted by molar-refractivity contribution is 7.89. The molecule has 4 nitrogen and oxygen atoms in total. The van der Waals surface area contributed by atoms with E-state index in [-0.39, 0.29) is 29.6 Å². The third-order valence-electron chi connectivity index (χ3n) is 4.15. The molecule has 1 heterocycles. The predicted octanol–water partition coefficient (Wildman–Crippen LogP) is 3.45. The number of ether oxygens (including phenoxy) is 1. The molecule has 1 aliphatic rings. The van der Waals surface area contributed by atoms with Crippen molar-refractivity contribution in [2.24, 2.45) is 0 Å². The third kappa shape index (κ3) is 3.57. The highest BCUT2D eigenvalue weighted by Crippen LogP contribution is 2.28. The van der Waals surface area contributed by atoms with Gasteiger partial charge in [-0.3, -0.25) is 0 Å². The van der Waals surface area contributed by atoms with Crippen molar-refractivity contribution in [1.82, 2.24) is 4.31 Å². The standard InChI is InChI=1S/C18H17F2NO3S/c1-24-18-7-6-16(12-17(18)20)25(22,23)21-10-8-14(9-11-21)13-2-4-15(19)5-3-13/h2-8,12H,9-11H2,1H3. The van der Waals surface area contributed by atoms with Gasteiger partial charge in [-0.05, 0) is 47.9 Å². The summed E-state index contributed by atoms with van der Waals surface area (Å²) in [5, 5.41) is 0. The van der Waals surface area contributed by atoms with Gasteiger partial charge in [-0.15, -0.1) is 0 Å². The Morgan fingerprint density at radius 2 is 1.80 bits per heavy atom. The zero-order valence-corrected chi connectivity index (χ0v) is 14.4. The van der Waals surface area contributed by atoms with E-state index >= 15 is 0 Å². The van der Waals surface area contributed by atoms with Crippen molar-refractivity contribution in [1.29, 1.82) is 0 Å². The van der Waals surface area contributed by atoms with Crippen LogP contribution in [0, 0.1) is 11.6 Å². The summed E-state index contributed by atoms with van der Waals surface area (Å²) in [7, 11) is -2.47. The van der Waals surface area contributed by atoms with Crippen LogP contribution in [0.1, 0.15) is 12.0 Å². The molecule has 1 aliphatic heterocycles. The quantitative estimate of drug-likeness (QED) is 0.834. The highest BCUT2D eigenvalue weighted by Gasteiger charge is 2.27. The first-order valence-corrected chi connectivity index (χ1v) is 9.14. The van der Waals surface area contributed by atoms with Gasteiger partial charge in [0.1, 0.15) is 5.82 Å². The van der Waals surface area contributed by atoms with Gasteiger partial charge < -0.3 is 4.74 Å². The molecule has 0 radical (unpaired) electrons. The molecule has 0 fully saturated rings. The van der Waals surface area contributed by atoms with Gasteiger partial charge in [-0.1, -0.05) is 18.2 Å². The minimum absolute atomic E-state index is 0.00362. The van der Waals surface area contributed by atoms with Crippen molar-refractivity contribution < 1.29 is 21.9 Å². The van der Waals surface area contributed by atoms with Gasteiger partial charge in [-0.2, -0.15) is 4.31 Å². The molecule has 0 saturated heterocycles. The summed E-state index contributed by atoms with van der Waals surface area (Å²) in [5.74, 6) is -1.04. The summed E-state index contributed by atoms with van der Waals surface area (Å²) < 4.78 is 58.2. The molecular formula is C18H17F2NO3S. The lowest BCUT2D eigenvalue weighted by molar-refractivity contribution is 0.385. The van der Waals surface area contributed by atoms with Crippen molar-refractivity contribution >= 4 is 15.6 Å². The first-order valence-electron chi connectivity index (χ1n) is 7.70. The summed E-state index contributed by atoms with van der Waals surface area (Å²) in [5.41, 5.74) is 1.83. The number of halogens is 2.